The van der Waals surface area contributed by atoms with Crippen LogP contribution in [0.25, 0.3) is 16.3 Å². The first-order valence-corrected chi connectivity index (χ1v) is 8.86. The number of rotatable bonds is 3. The summed E-state index contributed by atoms with van der Waals surface area (Å²) in [5.41, 5.74) is 2.01. The van der Waals surface area contributed by atoms with Crippen LogP contribution in [0.5, 0.6) is 0 Å². The first-order chi connectivity index (χ1) is 10.2. The molecule has 0 amide bonds. The van der Waals surface area contributed by atoms with E-state index in [9.17, 15) is 5.26 Å². The van der Waals surface area contributed by atoms with Gasteiger partial charge in [0.15, 0.2) is 4.34 Å². The first-order valence-electron chi connectivity index (χ1n) is 6.15. The molecule has 0 bridgehead atoms. The van der Waals surface area contributed by atoms with Crippen LogP contribution in [0.4, 0.5) is 0 Å². The zero-order chi connectivity index (χ0) is 14.7. The van der Waals surface area contributed by atoms with Crippen LogP contribution in [0.3, 0.4) is 0 Å². The van der Waals surface area contributed by atoms with E-state index in [1.54, 1.807) is 11.3 Å². The summed E-state index contributed by atoms with van der Waals surface area (Å²) >= 11 is 5.30. The van der Waals surface area contributed by atoms with E-state index >= 15 is 0 Å². The number of allylic oxidation sites excluding steroid dienone is 1. The molecule has 0 spiro atoms. The van der Waals surface area contributed by atoms with E-state index in [0.29, 0.717) is 4.91 Å². The lowest BCUT2D eigenvalue weighted by Gasteiger charge is -1.96. The van der Waals surface area contributed by atoms with Gasteiger partial charge < -0.3 is 0 Å². The van der Waals surface area contributed by atoms with Crippen molar-refractivity contribution in [1.29, 1.82) is 5.26 Å². The summed E-state index contributed by atoms with van der Waals surface area (Å²) in [5.74, 6) is 0. The average Bonchev–Trinajstić information content (AvgIpc) is 2.91. The summed E-state index contributed by atoms with van der Waals surface area (Å²) in [7, 11) is 0. The maximum absolute atomic E-state index is 9.31. The number of nitriles is 1. The lowest BCUT2D eigenvalue weighted by molar-refractivity contribution is 1.31. The third kappa shape index (κ3) is 3.64. The fraction of sp³-hybridized carbons (Fsp3) is 0. The molecule has 3 rings (SSSR count). The molecule has 0 atom stereocenters. The van der Waals surface area contributed by atoms with Gasteiger partial charge in [-0.05, 0) is 70.3 Å². The Bertz CT molecular complexity index is 812. The molecule has 0 N–H and O–H groups in total. The second-order valence-corrected chi connectivity index (χ2v) is 7.79. The molecule has 0 aliphatic heterocycles. The molecule has 0 saturated carbocycles. The summed E-state index contributed by atoms with van der Waals surface area (Å²) in [6.45, 7) is 0. The van der Waals surface area contributed by atoms with E-state index in [-0.39, 0.29) is 0 Å². The monoisotopic (exact) mass is 420 g/mol. The van der Waals surface area contributed by atoms with Crippen molar-refractivity contribution in [1.82, 2.24) is 4.98 Å². The quantitative estimate of drug-likeness (QED) is 0.316. The van der Waals surface area contributed by atoms with Crippen LogP contribution < -0.4 is 0 Å². The third-order valence-electron chi connectivity index (χ3n) is 2.75. The van der Waals surface area contributed by atoms with Crippen molar-refractivity contribution in [3.63, 3.8) is 0 Å². The standard InChI is InChI=1S/C16H9IN2S2/c17-12-7-5-11(6-8-12)9-13(10-18)20-16-19-14-3-1-2-4-15(14)21-16/h1-9H. The van der Waals surface area contributed by atoms with Crippen molar-refractivity contribution in [2.45, 2.75) is 4.34 Å². The number of para-hydroxylation sites is 1. The van der Waals surface area contributed by atoms with Crippen LogP contribution in [0.2, 0.25) is 0 Å². The van der Waals surface area contributed by atoms with Gasteiger partial charge in [-0.15, -0.1) is 11.3 Å². The highest BCUT2D eigenvalue weighted by Gasteiger charge is 2.07. The topological polar surface area (TPSA) is 36.7 Å². The molecule has 21 heavy (non-hydrogen) atoms. The van der Waals surface area contributed by atoms with Gasteiger partial charge in [-0.2, -0.15) is 5.26 Å². The maximum Gasteiger partial charge on any atom is 0.156 e. The molecule has 0 saturated heterocycles. The minimum Gasteiger partial charge on any atom is -0.229 e. The van der Waals surface area contributed by atoms with Gasteiger partial charge in [0.25, 0.3) is 0 Å². The van der Waals surface area contributed by atoms with Crippen LogP contribution in [0.1, 0.15) is 5.56 Å². The fourth-order valence-electron chi connectivity index (χ4n) is 1.78. The van der Waals surface area contributed by atoms with Gasteiger partial charge in [-0.1, -0.05) is 24.3 Å². The number of nitrogens with zero attached hydrogens (tertiary/aromatic N) is 2. The summed E-state index contributed by atoms with van der Waals surface area (Å²) in [5, 5.41) is 9.31. The molecule has 3 aromatic rings. The second-order valence-electron chi connectivity index (χ2n) is 4.22. The Morgan fingerprint density at radius 3 is 2.67 bits per heavy atom. The van der Waals surface area contributed by atoms with Gasteiger partial charge in [0.05, 0.1) is 15.1 Å². The smallest absolute Gasteiger partial charge is 0.156 e. The number of fused-ring (bicyclic) bond motifs is 1. The Kier molecular flexibility index (Phi) is 4.58. The maximum atomic E-state index is 9.31. The van der Waals surface area contributed by atoms with E-state index in [1.165, 1.54) is 15.3 Å². The van der Waals surface area contributed by atoms with Gasteiger partial charge in [0.1, 0.15) is 6.07 Å². The Labute approximate surface area is 144 Å². The Balaban J connectivity index is 1.87. The highest BCUT2D eigenvalue weighted by atomic mass is 127. The van der Waals surface area contributed by atoms with Crippen molar-refractivity contribution >= 4 is 62.0 Å². The Hall–Kier alpha value is -1.36. The molecule has 1 heterocycles. The van der Waals surface area contributed by atoms with Gasteiger partial charge >= 0.3 is 0 Å². The third-order valence-corrected chi connectivity index (χ3v) is 5.49. The summed E-state index contributed by atoms with van der Waals surface area (Å²) in [6, 6.07) is 18.3. The largest absolute Gasteiger partial charge is 0.229 e. The number of thiazole rings is 1. The van der Waals surface area contributed by atoms with Crippen molar-refractivity contribution in [2.24, 2.45) is 0 Å². The normalized spacial score (nSPS) is 11.5. The SMILES string of the molecule is N#CC(=Cc1ccc(I)cc1)Sc1nc2ccccc2s1. The van der Waals surface area contributed by atoms with E-state index in [2.05, 4.69) is 33.6 Å². The Morgan fingerprint density at radius 2 is 1.95 bits per heavy atom. The number of halogens is 1. The molecule has 2 nitrogen and oxygen atoms in total. The van der Waals surface area contributed by atoms with Gasteiger partial charge in [0.2, 0.25) is 0 Å². The highest BCUT2D eigenvalue weighted by Crippen LogP contribution is 2.34. The molecular weight excluding hydrogens is 411 g/mol. The fourth-order valence-corrected chi connectivity index (χ4v) is 4.12. The predicted molar refractivity (Wildman–Crippen MR) is 98.2 cm³/mol. The van der Waals surface area contributed by atoms with Gasteiger partial charge in [-0.25, -0.2) is 4.98 Å². The zero-order valence-corrected chi connectivity index (χ0v) is 14.6. The molecule has 1 aromatic heterocycles. The van der Waals surface area contributed by atoms with E-state index in [0.717, 1.165) is 20.1 Å². The van der Waals surface area contributed by atoms with Crippen LogP contribution in [0.15, 0.2) is 57.8 Å². The predicted octanol–water partition coefficient (Wildman–Crippen LogP) is 5.56. The molecule has 102 valence electrons. The molecule has 0 fully saturated rings. The molecule has 0 radical (unpaired) electrons. The van der Waals surface area contributed by atoms with Crippen molar-refractivity contribution in [2.75, 3.05) is 0 Å². The van der Waals surface area contributed by atoms with Crippen molar-refractivity contribution in [3.8, 4) is 6.07 Å². The number of hydrogen-bond donors (Lipinski definition) is 0. The molecule has 0 unspecified atom stereocenters. The van der Waals surface area contributed by atoms with Crippen molar-refractivity contribution < 1.29 is 0 Å². The lowest BCUT2D eigenvalue weighted by atomic mass is 10.2. The zero-order valence-electron chi connectivity index (χ0n) is 10.8. The van der Waals surface area contributed by atoms with Gasteiger partial charge in [0, 0.05) is 3.57 Å². The highest BCUT2D eigenvalue weighted by molar-refractivity contribution is 14.1. The molecule has 0 aliphatic rings. The Morgan fingerprint density at radius 1 is 1.19 bits per heavy atom. The molecular formula is C16H9IN2S2. The van der Waals surface area contributed by atoms with E-state index in [1.807, 2.05) is 54.6 Å². The average molecular weight is 420 g/mol. The summed E-state index contributed by atoms with van der Waals surface area (Å²) < 4.78 is 3.23. The number of aromatic nitrogens is 1. The minimum atomic E-state index is 0.648. The molecule has 2 aromatic carbocycles. The van der Waals surface area contributed by atoms with Crippen LogP contribution in [-0.2, 0) is 0 Å². The number of thioether (sulfide) groups is 1. The van der Waals surface area contributed by atoms with Gasteiger partial charge in [-0.3, -0.25) is 0 Å². The summed E-state index contributed by atoms with van der Waals surface area (Å²) in [6.07, 6.45) is 1.90. The molecule has 0 aliphatic carbocycles. The second kappa shape index (κ2) is 6.60. The lowest BCUT2D eigenvalue weighted by Crippen LogP contribution is -1.77. The molecule has 5 heteroatoms. The van der Waals surface area contributed by atoms with Crippen LogP contribution >= 0.6 is 45.7 Å². The van der Waals surface area contributed by atoms with Crippen molar-refractivity contribution in [3.05, 3.63) is 62.6 Å². The number of benzene rings is 2. The van der Waals surface area contributed by atoms with Crippen LogP contribution in [-0.4, -0.2) is 4.98 Å². The minimum absolute atomic E-state index is 0.648. The number of hydrogen-bond acceptors (Lipinski definition) is 4. The van der Waals surface area contributed by atoms with E-state index < -0.39 is 0 Å². The first kappa shape index (κ1) is 14.6. The van der Waals surface area contributed by atoms with Crippen LogP contribution in [0, 0.1) is 14.9 Å². The van der Waals surface area contributed by atoms with E-state index in [4.69, 9.17) is 0 Å². The summed E-state index contributed by atoms with van der Waals surface area (Å²) in [4.78, 5) is 5.19.